The Bertz CT molecular complexity index is 433. The molecule has 5 nitrogen and oxygen atoms in total. The molecule has 3 fully saturated rings. The number of nitrogens with one attached hydrogen (secondary N) is 1. The first-order valence-corrected chi connectivity index (χ1v) is 7.93. The van der Waals surface area contributed by atoms with E-state index in [0.717, 1.165) is 30.9 Å². The molecule has 3 heterocycles. The van der Waals surface area contributed by atoms with E-state index in [1.807, 2.05) is 18.5 Å². The molecule has 0 radical (unpaired) electrons. The van der Waals surface area contributed by atoms with E-state index in [1.165, 1.54) is 38.8 Å². The fourth-order valence-corrected chi connectivity index (χ4v) is 4.09. The standard InChI is InChI=1S/C15H23N5/c1-2-5-14(4-1)20(15-17-6-3-7-18-15)19-10-12-8-16-9-13(12)11-19/h3,6-7,12-14,16H,1-2,4-5,8-11H2. The molecule has 0 bridgehead atoms. The van der Waals surface area contributed by atoms with E-state index in [4.69, 9.17) is 0 Å². The summed E-state index contributed by atoms with van der Waals surface area (Å²) in [6.07, 6.45) is 8.97. The van der Waals surface area contributed by atoms with E-state index in [-0.39, 0.29) is 0 Å². The summed E-state index contributed by atoms with van der Waals surface area (Å²) in [7, 11) is 0. The molecule has 2 saturated heterocycles. The lowest BCUT2D eigenvalue weighted by Crippen LogP contribution is -2.49. The number of fused-ring (bicyclic) bond motifs is 1. The van der Waals surface area contributed by atoms with Gasteiger partial charge in [0.15, 0.2) is 0 Å². The van der Waals surface area contributed by atoms with Crippen molar-refractivity contribution in [3.63, 3.8) is 0 Å². The van der Waals surface area contributed by atoms with Crippen molar-refractivity contribution in [3.8, 4) is 0 Å². The maximum Gasteiger partial charge on any atom is 0.240 e. The minimum absolute atomic E-state index is 0.601. The Morgan fingerprint density at radius 1 is 1.05 bits per heavy atom. The molecular formula is C15H23N5. The van der Waals surface area contributed by atoms with Gasteiger partial charge in [-0.2, -0.15) is 0 Å². The number of aromatic nitrogens is 2. The average molecular weight is 273 g/mol. The molecule has 1 N–H and O–H groups in total. The highest BCUT2D eigenvalue weighted by molar-refractivity contribution is 5.30. The van der Waals surface area contributed by atoms with E-state index in [0.29, 0.717) is 6.04 Å². The molecule has 4 rings (SSSR count). The third kappa shape index (κ3) is 2.19. The second kappa shape index (κ2) is 5.30. The molecule has 20 heavy (non-hydrogen) atoms. The Labute approximate surface area is 120 Å². The molecule has 3 aliphatic rings. The Kier molecular flexibility index (Phi) is 3.32. The summed E-state index contributed by atoms with van der Waals surface area (Å²) in [5, 5.41) is 8.47. The Balaban J connectivity index is 1.58. The summed E-state index contributed by atoms with van der Waals surface area (Å²) in [4.78, 5) is 9.04. The fraction of sp³-hybridized carbons (Fsp3) is 0.733. The topological polar surface area (TPSA) is 44.3 Å². The molecule has 0 amide bonds. The van der Waals surface area contributed by atoms with Crippen molar-refractivity contribution < 1.29 is 0 Å². The molecule has 0 spiro atoms. The zero-order chi connectivity index (χ0) is 13.4. The van der Waals surface area contributed by atoms with Crippen molar-refractivity contribution in [2.45, 2.75) is 31.7 Å². The van der Waals surface area contributed by atoms with E-state index >= 15 is 0 Å². The molecule has 1 aromatic heterocycles. The predicted octanol–water partition coefficient (Wildman–Crippen LogP) is 1.29. The Morgan fingerprint density at radius 2 is 1.70 bits per heavy atom. The molecule has 108 valence electrons. The van der Waals surface area contributed by atoms with Gasteiger partial charge in [0.05, 0.1) is 0 Å². The van der Waals surface area contributed by atoms with E-state index in [9.17, 15) is 0 Å². The lowest BCUT2D eigenvalue weighted by molar-refractivity contribution is 0.248. The van der Waals surface area contributed by atoms with Crippen LogP contribution < -0.4 is 10.3 Å². The van der Waals surface area contributed by atoms with Crippen LogP contribution in [0.1, 0.15) is 25.7 Å². The number of rotatable bonds is 3. The van der Waals surface area contributed by atoms with Crippen LogP contribution in [0, 0.1) is 11.8 Å². The molecule has 1 aliphatic carbocycles. The molecule has 5 heteroatoms. The summed E-state index contributed by atoms with van der Waals surface area (Å²) in [5.74, 6) is 2.51. The lowest BCUT2D eigenvalue weighted by atomic mass is 10.0. The quantitative estimate of drug-likeness (QED) is 0.899. The van der Waals surface area contributed by atoms with Gasteiger partial charge in [-0.15, -0.1) is 0 Å². The van der Waals surface area contributed by atoms with Crippen LogP contribution in [0.2, 0.25) is 0 Å². The van der Waals surface area contributed by atoms with Crippen molar-refractivity contribution in [2.75, 3.05) is 31.2 Å². The first-order valence-electron chi connectivity index (χ1n) is 7.93. The lowest BCUT2D eigenvalue weighted by Gasteiger charge is -2.37. The molecular weight excluding hydrogens is 250 g/mol. The summed E-state index contributed by atoms with van der Waals surface area (Å²) >= 11 is 0. The van der Waals surface area contributed by atoms with Gasteiger partial charge >= 0.3 is 0 Å². The Morgan fingerprint density at radius 3 is 2.35 bits per heavy atom. The van der Waals surface area contributed by atoms with Gasteiger partial charge in [0.2, 0.25) is 5.95 Å². The van der Waals surface area contributed by atoms with Gasteiger partial charge in [0, 0.05) is 31.5 Å². The van der Waals surface area contributed by atoms with Crippen LogP contribution in [-0.4, -0.2) is 47.2 Å². The summed E-state index contributed by atoms with van der Waals surface area (Å²) < 4.78 is 0. The number of hydrazine groups is 1. The van der Waals surface area contributed by atoms with Crippen LogP contribution in [0.4, 0.5) is 5.95 Å². The third-order valence-corrected chi connectivity index (χ3v) is 5.10. The van der Waals surface area contributed by atoms with Gasteiger partial charge in [-0.25, -0.2) is 15.0 Å². The number of hydrogen-bond donors (Lipinski definition) is 1. The van der Waals surface area contributed by atoms with Gasteiger partial charge < -0.3 is 5.32 Å². The third-order valence-electron chi connectivity index (χ3n) is 5.10. The number of hydrogen-bond acceptors (Lipinski definition) is 5. The highest BCUT2D eigenvalue weighted by atomic mass is 15.7. The zero-order valence-electron chi connectivity index (χ0n) is 11.9. The predicted molar refractivity (Wildman–Crippen MR) is 78.2 cm³/mol. The molecule has 1 aromatic rings. The number of anilines is 1. The van der Waals surface area contributed by atoms with Crippen LogP contribution in [-0.2, 0) is 0 Å². The Hall–Kier alpha value is -1.20. The van der Waals surface area contributed by atoms with Crippen molar-refractivity contribution in [1.82, 2.24) is 20.3 Å². The van der Waals surface area contributed by atoms with Crippen molar-refractivity contribution in [2.24, 2.45) is 11.8 Å². The van der Waals surface area contributed by atoms with Crippen LogP contribution in [0.3, 0.4) is 0 Å². The first-order chi connectivity index (χ1) is 9.92. The van der Waals surface area contributed by atoms with Crippen LogP contribution in [0.25, 0.3) is 0 Å². The van der Waals surface area contributed by atoms with Gasteiger partial charge in [-0.3, -0.25) is 5.01 Å². The minimum Gasteiger partial charge on any atom is -0.316 e. The van der Waals surface area contributed by atoms with Crippen molar-refractivity contribution in [1.29, 1.82) is 0 Å². The van der Waals surface area contributed by atoms with Gasteiger partial charge in [-0.1, -0.05) is 12.8 Å². The second-order valence-corrected chi connectivity index (χ2v) is 6.38. The summed E-state index contributed by atoms with van der Waals surface area (Å²) in [5.41, 5.74) is 0. The van der Waals surface area contributed by atoms with Gasteiger partial charge in [-0.05, 0) is 43.8 Å². The smallest absolute Gasteiger partial charge is 0.240 e. The van der Waals surface area contributed by atoms with Gasteiger partial charge in [0.25, 0.3) is 0 Å². The molecule has 0 aromatic carbocycles. The summed E-state index contributed by atoms with van der Waals surface area (Å²) in [6.45, 7) is 4.67. The van der Waals surface area contributed by atoms with Crippen LogP contribution >= 0.6 is 0 Å². The van der Waals surface area contributed by atoms with Crippen molar-refractivity contribution in [3.05, 3.63) is 18.5 Å². The molecule has 2 aliphatic heterocycles. The maximum atomic E-state index is 4.52. The first kappa shape index (κ1) is 12.5. The minimum atomic E-state index is 0.601. The molecule has 2 unspecified atom stereocenters. The molecule has 2 atom stereocenters. The van der Waals surface area contributed by atoms with E-state index in [1.54, 1.807) is 0 Å². The fourth-order valence-electron chi connectivity index (χ4n) is 4.09. The summed E-state index contributed by atoms with van der Waals surface area (Å²) in [6, 6.07) is 2.50. The van der Waals surface area contributed by atoms with Crippen LogP contribution in [0.15, 0.2) is 18.5 Å². The van der Waals surface area contributed by atoms with E-state index in [2.05, 4.69) is 25.3 Å². The normalized spacial score (nSPS) is 30.8. The largest absolute Gasteiger partial charge is 0.316 e. The van der Waals surface area contributed by atoms with Gasteiger partial charge in [0.1, 0.15) is 0 Å². The van der Waals surface area contributed by atoms with E-state index < -0.39 is 0 Å². The van der Waals surface area contributed by atoms with Crippen LogP contribution in [0.5, 0.6) is 0 Å². The monoisotopic (exact) mass is 273 g/mol. The average Bonchev–Trinajstić information content (AvgIpc) is 3.16. The second-order valence-electron chi connectivity index (χ2n) is 6.38. The number of nitrogens with zero attached hydrogens (tertiary/aromatic N) is 4. The highest BCUT2D eigenvalue weighted by Gasteiger charge is 2.41. The highest BCUT2D eigenvalue weighted by Crippen LogP contribution is 2.33. The maximum absolute atomic E-state index is 4.52. The SMILES string of the molecule is c1cnc(N(C2CCCC2)N2CC3CNCC3C2)nc1. The zero-order valence-corrected chi connectivity index (χ0v) is 11.9. The molecule has 1 saturated carbocycles. The van der Waals surface area contributed by atoms with Crippen molar-refractivity contribution >= 4 is 5.95 Å².